The molecule has 0 unspecified atom stereocenters. The van der Waals surface area contributed by atoms with Gasteiger partial charge in [0.1, 0.15) is 0 Å². The summed E-state index contributed by atoms with van der Waals surface area (Å²) in [6.45, 7) is 0. The van der Waals surface area contributed by atoms with Crippen LogP contribution in [0.1, 0.15) is 35.1 Å². The molecule has 37 heavy (non-hydrogen) atoms. The number of aromatic amines is 1. The van der Waals surface area contributed by atoms with E-state index >= 15 is 0 Å². The number of H-pyrrole nitrogens is 1. The molecule has 1 N–H and O–H groups in total. The second-order valence-corrected chi connectivity index (χ2v) is 20.2. The van der Waals surface area contributed by atoms with Crippen molar-refractivity contribution in [3.63, 3.8) is 0 Å². The van der Waals surface area contributed by atoms with Gasteiger partial charge in [0.25, 0.3) is 0 Å². The number of benzene rings is 4. The van der Waals surface area contributed by atoms with Gasteiger partial charge in [-0.05, 0) is 0 Å². The Balaban J connectivity index is 1.37. The third-order valence-corrected chi connectivity index (χ3v) is 17.8. The van der Waals surface area contributed by atoms with Gasteiger partial charge in [-0.3, -0.25) is 0 Å². The number of fused-ring (bicyclic) bond motifs is 1. The van der Waals surface area contributed by atoms with E-state index in [1.165, 1.54) is 27.6 Å². The molecule has 0 amide bonds. The number of nitrogens with one attached hydrogen (secondary N) is 1. The predicted molar refractivity (Wildman–Crippen MR) is 154 cm³/mol. The first-order valence-electron chi connectivity index (χ1n) is 13.1. The Labute approximate surface area is 223 Å². The Kier molecular flexibility index (Phi) is 8.42. The monoisotopic (exact) mass is 595 g/mol. The number of aromatic nitrogens is 1. The number of para-hydroxylation sites is 1. The second kappa shape index (κ2) is 12.3. The first-order chi connectivity index (χ1) is 18.2. The first-order valence-corrected chi connectivity index (χ1v) is 20.3. The molecule has 0 bridgehead atoms. The Morgan fingerprint density at radius 1 is 0.649 bits per heavy atom. The zero-order valence-electron chi connectivity index (χ0n) is 21.1. The van der Waals surface area contributed by atoms with Gasteiger partial charge >= 0.3 is 225 Å². The molecule has 4 aromatic carbocycles. The number of hydrogen-bond donors (Lipinski definition) is 1. The molecule has 0 aliphatic rings. The average Bonchev–Trinajstić information content (AvgIpc) is 3.33. The van der Waals surface area contributed by atoms with Crippen molar-refractivity contribution in [2.75, 3.05) is 0 Å². The summed E-state index contributed by atoms with van der Waals surface area (Å²) in [6.07, 6.45) is 4.15. The number of hydrogen-bond acceptors (Lipinski definition) is 2. The van der Waals surface area contributed by atoms with E-state index in [4.69, 9.17) is 3.07 Å². The number of aryl methyl sites for hydroxylation is 1. The Morgan fingerprint density at radius 3 is 1.68 bits per heavy atom. The fraction of sp³-hybridized carbons (Fsp3) is 0.182. The molecule has 0 aliphatic carbocycles. The van der Waals surface area contributed by atoms with Gasteiger partial charge in [0.05, 0.1) is 0 Å². The fourth-order valence-electron chi connectivity index (χ4n) is 5.25. The van der Waals surface area contributed by atoms with Crippen LogP contribution in [0.15, 0.2) is 121 Å². The fourth-order valence-corrected chi connectivity index (χ4v) is 17.0. The summed E-state index contributed by atoms with van der Waals surface area (Å²) in [5, 5.41) is 1.24. The molecule has 0 atom stereocenters. The molecule has 0 fully saturated rings. The quantitative estimate of drug-likeness (QED) is 0.163. The van der Waals surface area contributed by atoms with E-state index < -0.39 is 18.8 Å². The van der Waals surface area contributed by atoms with Gasteiger partial charge in [-0.15, -0.1) is 0 Å². The van der Waals surface area contributed by atoms with Crippen LogP contribution in [0.5, 0.6) is 0 Å². The zero-order chi connectivity index (χ0) is 25.3. The van der Waals surface area contributed by atoms with E-state index in [1.807, 2.05) is 24.3 Å². The SMILES string of the molecule is O=C(CCCc1c[nH]c2ccccc12)[O][Sn]([CH2]c1ccccc1)([CH2]c1ccccc1)[CH2]c1ccccc1. The summed E-state index contributed by atoms with van der Waals surface area (Å²) in [5.74, 6) is -0.0431. The molecule has 3 nitrogen and oxygen atoms in total. The van der Waals surface area contributed by atoms with Crippen molar-refractivity contribution in [2.45, 2.75) is 32.6 Å². The summed E-state index contributed by atoms with van der Waals surface area (Å²) in [4.78, 5) is 16.8. The molecule has 0 spiro atoms. The Bertz CT molecular complexity index is 1310. The van der Waals surface area contributed by atoms with Crippen molar-refractivity contribution >= 4 is 35.7 Å². The summed E-state index contributed by atoms with van der Waals surface area (Å²) in [7, 11) is 0. The topological polar surface area (TPSA) is 42.1 Å². The van der Waals surface area contributed by atoms with E-state index in [9.17, 15) is 4.79 Å². The van der Waals surface area contributed by atoms with Gasteiger partial charge in [0.2, 0.25) is 0 Å². The van der Waals surface area contributed by atoms with E-state index in [-0.39, 0.29) is 5.97 Å². The Hall–Kier alpha value is -3.31. The Morgan fingerprint density at radius 2 is 1.14 bits per heavy atom. The molecule has 4 heteroatoms. The van der Waals surface area contributed by atoms with Gasteiger partial charge in [0, 0.05) is 0 Å². The van der Waals surface area contributed by atoms with Crippen LogP contribution >= 0.6 is 0 Å². The first kappa shape index (κ1) is 25.3. The summed E-state index contributed by atoms with van der Waals surface area (Å²) in [5.41, 5.74) is 6.19. The molecule has 1 aromatic heterocycles. The van der Waals surface area contributed by atoms with Gasteiger partial charge in [0.15, 0.2) is 0 Å². The van der Waals surface area contributed by atoms with E-state index in [0.717, 1.165) is 31.7 Å². The van der Waals surface area contributed by atoms with E-state index in [0.29, 0.717) is 6.42 Å². The van der Waals surface area contributed by atoms with Gasteiger partial charge in [-0.2, -0.15) is 0 Å². The summed E-state index contributed by atoms with van der Waals surface area (Å²) in [6, 6.07) is 40.0. The summed E-state index contributed by atoms with van der Waals surface area (Å²) >= 11 is -3.58. The molecule has 186 valence electrons. The molecule has 5 aromatic rings. The molecule has 0 saturated carbocycles. The van der Waals surface area contributed by atoms with Gasteiger partial charge in [-0.1, -0.05) is 0 Å². The van der Waals surface area contributed by atoms with E-state index in [2.05, 4.69) is 102 Å². The normalized spacial score (nSPS) is 11.5. The van der Waals surface area contributed by atoms with Crippen LogP contribution in [-0.2, 0) is 27.6 Å². The molecular weight excluding hydrogens is 561 g/mol. The molecular formula is C33H33NO2Sn. The zero-order valence-corrected chi connectivity index (χ0v) is 24.0. The number of carbonyl (C=O) groups excluding carboxylic acids is 1. The third kappa shape index (κ3) is 6.92. The molecule has 0 radical (unpaired) electrons. The second-order valence-electron chi connectivity index (χ2n) is 9.86. The molecule has 1 heterocycles. The molecule has 5 rings (SSSR count). The van der Waals surface area contributed by atoms with Crippen molar-refractivity contribution in [3.05, 3.63) is 144 Å². The van der Waals surface area contributed by atoms with Gasteiger partial charge < -0.3 is 0 Å². The minimum atomic E-state index is -3.58. The van der Waals surface area contributed by atoms with Crippen LogP contribution in [-0.4, -0.2) is 29.7 Å². The number of carbonyl (C=O) groups is 1. The predicted octanol–water partition coefficient (Wildman–Crippen LogP) is 7.33. The van der Waals surface area contributed by atoms with Crippen molar-refractivity contribution in [1.82, 2.24) is 4.98 Å². The van der Waals surface area contributed by atoms with Crippen LogP contribution in [0.25, 0.3) is 10.9 Å². The minimum absolute atomic E-state index is 0.0431. The van der Waals surface area contributed by atoms with Crippen LogP contribution < -0.4 is 0 Å². The van der Waals surface area contributed by atoms with Crippen LogP contribution in [0.4, 0.5) is 0 Å². The average molecular weight is 594 g/mol. The van der Waals surface area contributed by atoms with Crippen LogP contribution in [0, 0.1) is 0 Å². The van der Waals surface area contributed by atoms with Crippen molar-refractivity contribution in [1.29, 1.82) is 0 Å². The van der Waals surface area contributed by atoms with Crippen molar-refractivity contribution < 1.29 is 7.87 Å². The maximum atomic E-state index is 13.4. The third-order valence-electron chi connectivity index (χ3n) is 6.94. The van der Waals surface area contributed by atoms with Gasteiger partial charge in [-0.25, -0.2) is 0 Å². The van der Waals surface area contributed by atoms with Crippen LogP contribution in [0.2, 0.25) is 0 Å². The number of rotatable bonds is 11. The molecule has 0 aliphatic heterocycles. The van der Waals surface area contributed by atoms with Crippen molar-refractivity contribution in [3.8, 4) is 0 Å². The van der Waals surface area contributed by atoms with E-state index in [1.54, 1.807) is 0 Å². The molecule has 0 saturated heterocycles. The van der Waals surface area contributed by atoms with Crippen LogP contribution in [0.3, 0.4) is 0 Å². The maximum absolute atomic E-state index is 13.4. The standard InChI is InChI=1S/C12H13NO2.3C7H7.Sn/c14-12(15)7-3-4-9-8-13-11-6-2-1-5-10(9)11;3*1-7-5-3-2-4-6-7;/h1-2,5-6,8,13H,3-4,7H2,(H,14,15);3*2-6H,1H2;/q;;;;+1/p-1. The summed E-state index contributed by atoms with van der Waals surface area (Å²) < 4.78 is 9.33. The van der Waals surface area contributed by atoms with Crippen molar-refractivity contribution in [2.24, 2.45) is 0 Å².